The molecule has 0 radical (unpaired) electrons. The molecule has 0 saturated carbocycles. The van der Waals surface area contributed by atoms with Crippen LogP contribution in [0.2, 0.25) is 0 Å². The molecule has 0 aliphatic carbocycles. The van der Waals surface area contributed by atoms with Crippen molar-refractivity contribution < 1.29 is 18.4 Å². The number of H-pyrrole nitrogens is 2. The first-order valence-corrected chi connectivity index (χ1v) is 15.2. The number of aromatic nitrogens is 2. The Morgan fingerprint density at radius 1 is 0.769 bits per heavy atom. The van der Waals surface area contributed by atoms with Gasteiger partial charge in [-0.15, -0.1) is 0 Å². The molecule has 0 bridgehead atoms. The Morgan fingerprint density at radius 2 is 1.31 bits per heavy atom. The minimum absolute atomic E-state index is 0.0670. The summed E-state index contributed by atoms with van der Waals surface area (Å²) >= 11 is 3.51. The third kappa shape index (κ3) is 7.29. The van der Waals surface area contributed by atoms with Crippen molar-refractivity contribution in [3.63, 3.8) is 0 Å². The first kappa shape index (κ1) is 29.3. The minimum Gasteiger partial charge on any atom is -0.355 e. The Kier molecular flexibility index (Phi) is 8.30. The van der Waals surface area contributed by atoms with E-state index in [4.69, 9.17) is 9.05 Å². The van der Waals surface area contributed by atoms with E-state index in [1.165, 1.54) is 0 Å². The van der Waals surface area contributed by atoms with Crippen LogP contribution in [-0.2, 0) is 13.6 Å². The van der Waals surface area contributed by atoms with Crippen LogP contribution in [0.25, 0.3) is 0 Å². The molecule has 0 amide bonds. The van der Waals surface area contributed by atoms with Crippen molar-refractivity contribution in [3.05, 3.63) is 111 Å². The summed E-state index contributed by atoms with van der Waals surface area (Å²) in [6.45, 7) is 13.2. The summed E-state index contributed by atoms with van der Waals surface area (Å²) in [6, 6.07) is 22.7. The van der Waals surface area contributed by atoms with Crippen molar-refractivity contribution in [2.75, 3.05) is 0 Å². The molecule has 0 spiro atoms. The number of carbonyl (C=O) groups excluding carboxylic acids is 1. The van der Waals surface area contributed by atoms with Gasteiger partial charge >= 0.3 is 7.60 Å². The van der Waals surface area contributed by atoms with E-state index in [2.05, 4.69) is 25.9 Å². The number of ketones is 1. The number of hydrogen-bond acceptors (Lipinski definition) is 4. The number of halogens is 1. The van der Waals surface area contributed by atoms with Crippen molar-refractivity contribution in [1.29, 1.82) is 0 Å². The Hall–Kier alpha value is -2.70. The van der Waals surface area contributed by atoms with Crippen molar-refractivity contribution >= 4 is 34.6 Å². The summed E-state index contributed by atoms with van der Waals surface area (Å²) in [6.07, 6.45) is 0. The normalized spacial score (nSPS) is 13.4. The fraction of sp³-hybridized carbons (Fsp3) is 0.323. The second kappa shape index (κ2) is 11.1. The summed E-state index contributed by atoms with van der Waals surface area (Å²) in [5.41, 5.74) is 3.66. The maximum atomic E-state index is 14.0. The standard InChI is InChI=1S/C31H36BrN2O4P/c1-20-8-10-22(11-9-20)29(35)26-17-16-24(33-26)28(25-18-19-27(32)34-25)21-12-14-23(15-13-21)39(36,37-30(2,3)4)38-31(5,6)7/h8-19,28,33-34H,1-7H3. The van der Waals surface area contributed by atoms with Crippen LogP contribution in [0.3, 0.4) is 0 Å². The molecular formula is C31H36BrN2O4P. The van der Waals surface area contributed by atoms with E-state index in [0.717, 1.165) is 27.1 Å². The number of hydrogen-bond donors (Lipinski definition) is 2. The molecule has 2 aromatic carbocycles. The molecule has 2 aromatic heterocycles. The van der Waals surface area contributed by atoms with E-state index in [1.54, 1.807) is 12.1 Å². The van der Waals surface area contributed by atoms with Gasteiger partial charge in [0.05, 0.1) is 32.7 Å². The van der Waals surface area contributed by atoms with Gasteiger partial charge in [0.1, 0.15) is 0 Å². The van der Waals surface area contributed by atoms with Crippen LogP contribution in [-0.4, -0.2) is 27.0 Å². The van der Waals surface area contributed by atoms with Gasteiger partial charge in [0.2, 0.25) is 5.78 Å². The monoisotopic (exact) mass is 610 g/mol. The smallest absolute Gasteiger partial charge is 0.355 e. The number of benzene rings is 2. The summed E-state index contributed by atoms with van der Waals surface area (Å²) in [5, 5.41) is 0.490. The Morgan fingerprint density at radius 3 is 1.82 bits per heavy atom. The maximum Gasteiger partial charge on any atom is 0.362 e. The average molecular weight is 612 g/mol. The lowest BCUT2D eigenvalue weighted by Gasteiger charge is -2.32. The molecule has 0 saturated heterocycles. The fourth-order valence-electron chi connectivity index (χ4n) is 4.35. The molecule has 1 unspecified atom stereocenters. The van der Waals surface area contributed by atoms with E-state index < -0.39 is 18.8 Å². The molecule has 39 heavy (non-hydrogen) atoms. The minimum atomic E-state index is -3.62. The third-order valence-corrected chi connectivity index (χ3v) is 8.86. The summed E-state index contributed by atoms with van der Waals surface area (Å²) < 4.78 is 26.9. The number of aryl methyl sites for hydroxylation is 1. The zero-order chi connectivity index (χ0) is 28.6. The van der Waals surface area contributed by atoms with E-state index in [-0.39, 0.29) is 11.7 Å². The zero-order valence-corrected chi connectivity index (χ0v) is 25.9. The van der Waals surface area contributed by atoms with E-state index in [1.807, 2.05) is 109 Å². The summed E-state index contributed by atoms with van der Waals surface area (Å²) in [4.78, 5) is 19.9. The highest BCUT2D eigenvalue weighted by molar-refractivity contribution is 9.10. The van der Waals surface area contributed by atoms with Gasteiger partial charge in [0, 0.05) is 17.0 Å². The largest absolute Gasteiger partial charge is 0.362 e. The molecule has 8 heteroatoms. The lowest BCUT2D eigenvalue weighted by Crippen LogP contribution is -2.28. The molecule has 4 aromatic rings. The molecule has 0 aliphatic rings. The molecule has 1 atom stereocenters. The lowest BCUT2D eigenvalue weighted by atomic mass is 9.93. The third-order valence-electron chi connectivity index (χ3n) is 5.89. The Balaban J connectivity index is 1.72. The quantitative estimate of drug-likeness (QED) is 0.155. The predicted octanol–water partition coefficient (Wildman–Crippen LogP) is 8.27. The second-order valence-corrected chi connectivity index (χ2v) is 14.4. The SMILES string of the molecule is Cc1ccc(C(=O)c2ccc(C(c3ccc(P(=O)(OC(C)(C)C)OC(C)(C)C)cc3)c3ccc(Br)[nH]3)[nH]2)cc1. The van der Waals surface area contributed by atoms with Crippen molar-refractivity contribution in [3.8, 4) is 0 Å². The summed E-state index contributed by atoms with van der Waals surface area (Å²) in [5.74, 6) is -0.293. The number of nitrogens with one attached hydrogen (secondary N) is 2. The predicted molar refractivity (Wildman–Crippen MR) is 160 cm³/mol. The zero-order valence-electron chi connectivity index (χ0n) is 23.5. The molecule has 6 nitrogen and oxygen atoms in total. The van der Waals surface area contributed by atoms with Gasteiger partial charge in [-0.05, 0) is 106 Å². The molecular weight excluding hydrogens is 575 g/mol. The first-order valence-electron chi connectivity index (χ1n) is 12.9. The van der Waals surface area contributed by atoms with Crippen LogP contribution in [0.5, 0.6) is 0 Å². The van der Waals surface area contributed by atoms with Gasteiger partial charge in [0.25, 0.3) is 0 Å². The number of rotatable bonds is 8. The molecule has 206 valence electrons. The van der Waals surface area contributed by atoms with Gasteiger partial charge in [0.15, 0.2) is 0 Å². The number of aromatic amines is 2. The Labute approximate surface area is 239 Å². The molecule has 0 fully saturated rings. The van der Waals surface area contributed by atoms with E-state index in [9.17, 15) is 9.36 Å². The first-order chi connectivity index (χ1) is 18.1. The highest BCUT2D eigenvalue weighted by Crippen LogP contribution is 2.53. The topological polar surface area (TPSA) is 84.2 Å². The highest BCUT2D eigenvalue weighted by Gasteiger charge is 2.37. The second-order valence-electron chi connectivity index (χ2n) is 11.7. The van der Waals surface area contributed by atoms with Crippen molar-refractivity contribution in [1.82, 2.24) is 9.97 Å². The van der Waals surface area contributed by atoms with Crippen LogP contribution in [0.15, 0.2) is 77.4 Å². The van der Waals surface area contributed by atoms with Crippen LogP contribution in [0, 0.1) is 6.92 Å². The van der Waals surface area contributed by atoms with E-state index in [0.29, 0.717) is 16.6 Å². The van der Waals surface area contributed by atoms with Crippen molar-refractivity contribution in [2.24, 2.45) is 0 Å². The number of carbonyl (C=O) groups is 1. The van der Waals surface area contributed by atoms with Gasteiger partial charge in [-0.2, -0.15) is 0 Å². The Bertz CT molecular complexity index is 1470. The highest BCUT2D eigenvalue weighted by atomic mass is 79.9. The van der Waals surface area contributed by atoms with Crippen LogP contribution in [0.1, 0.15) is 86.0 Å². The van der Waals surface area contributed by atoms with Crippen LogP contribution in [0.4, 0.5) is 0 Å². The average Bonchev–Trinajstić information content (AvgIpc) is 3.47. The molecule has 2 heterocycles. The van der Waals surface area contributed by atoms with Crippen LogP contribution >= 0.6 is 23.5 Å². The maximum absolute atomic E-state index is 14.0. The molecule has 0 aliphatic heterocycles. The van der Waals surface area contributed by atoms with Gasteiger partial charge < -0.3 is 9.97 Å². The van der Waals surface area contributed by atoms with Crippen molar-refractivity contribution in [2.45, 2.75) is 65.6 Å². The van der Waals surface area contributed by atoms with Gasteiger partial charge in [-0.1, -0.05) is 42.0 Å². The van der Waals surface area contributed by atoms with Gasteiger partial charge in [-0.25, -0.2) is 0 Å². The van der Waals surface area contributed by atoms with Crippen LogP contribution < -0.4 is 5.30 Å². The molecule has 4 rings (SSSR count). The van der Waals surface area contributed by atoms with E-state index >= 15 is 0 Å². The molecule has 2 N–H and O–H groups in total. The van der Waals surface area contributed by atoms with Gasteiger partial charge in [-0.3, -0.25) is 18.4 Å². The fourth-order valence-corrected chi connectivity index (χ4v) is 6.91. The summed E-state index contributed by atoms with van der Waals surface area (Å²) in [7, 11) is -3.62. The lowest BCUT2D eigenvalue weighted by molar-refractivity contribution is 0.0548.